The quantitative estimate of drug-likeness (QED) is 0.832. The van der Waals surface area contributed by atoms with Gasteiger partial charge in [0.25, 0.3) is 5.91 Å². The summed E-state index contributed by atoms with van der Waals surface area (Å²) in [4.78, 5) is 34.8. The molecule has 0 unspecified atom stereocenters. The highest BCUT2D eigenvalue weighted by Gasteiger charge is 2.33. The van der Waals surface area contributed by atoms with Crippen LogP contribution in [0.3, 0.4) is 0 Å². The molecule has 0 spiro atoms. The standard InChI is InChI=1S/C11H10N2O4/c1-7(14)12-8-4-2-3-5-9(8)13-10(15)6-17-11(13)16/h2-5H,6H2,1H3,(H,12,14). The number of anilines is 2. The molecule has 1 saturated heterocycles. The van der Waals surface area contributed by atoms with Crippen LogP contribution in [0, 0.1) is 0 Å². The summed E-state index contributed by atoms with van der Waals surface area (Å²) in [5, 5.41) is 2.55. The van der Waals surface area contributed by atoms with Gasteiger partial charge in [-0.25, -0.2) is 9.69 Å². The first-order valence-electron chi connectivity index (χ1n) is 4.96. The first-order chi connectivity index (χ1) is 8.09. The van der Waals surface area contributed by atoms with Crippen LogP contribution in [0.2, 0.25) is 0 Å². The van der Waals surface area contributed by atoms with Crippen LogP contribution in [-0.4, -0.2) is 24.5 Å². The number of hydrogen-bond acceptors (Lipinski definition) is 4. The topological polar surface area (TPSA) is 75.7 Å². The fourth-order valence-corrected chi connectivity index (χ4v) is 1.55. The van der Waals surface area contributed by atoms with E-state index in [4.69, 9.17) is 0 Å². The molecule has 3 amide bonds. The van der Waals surface area contributed by atoms with Crippen molar-refractivity contribution in [3.63, 3.8) is 0 Å². The molecular formula is C11H10N2O4. The Balaban J connectivity index is 2.40. The summed E-state index contributed by atoms with van der Waals surface area (Å²) in [7, 11) is 0. The predicted octanol–water partition coefficient (Wildman–Crippen LogP) is 1.13. The fraction of sp³-hybridized carbons (Fsp3) is 0.182. The summed E-state index contributed by atoms with van der Waals surface area (Å²) in [5.41, 5.74) is 0.711. The lowest BCUT2D eigenvalue weighted by Crippen LogP contribution is -2.29. The minimum Gasteiger partial charge on any atom is -0.439 e. The summed E-state index contributed by atoms with van der Waals surface area (Å²) in [6.07, 6.45) is -0.729. The Bertz CT molecular complexity index is 482. The van der Waals surface area contributed by atoms with E-state index >= 15 is 0 Å². The number of nitrogens with zero attached hydrogens (tertiary/aromatic N) is 1. The molecule has 1 heterocycles. The maximum absolute atomic E-state index is 11.5. The molecule has 1 aromatic rings. The summed E-state index contributed by atoms with van der Waals surface area (Å²) in [6, 6.07) is 6.53. The minimum atomic E-state index is -0.729. The van der Waals surface area contributed by atoms with Gasteiger partial charge in [0.1, 0.15) is 0 Å². The van der Waals surface area contributed by atoms with E-state index in [0.29, 0.717) is 11.4 Å². The van der Waals surface area contributed by atoms with Gasteiger partial charge in [-0.05, 0) is 12.1 Å². The monoisotopic (exact) mass is 234 g/mol. The molecule has 6 nitrogen and oxygen atoms in total. The third-order valence-corrected chi connectivity index (χ3v) is 2.21. The number of cyclic esters (lactones) is 1. The van der Waals surface area contributed by atoms with Gasteiger partial charge in [0.05, 0.1) is 11.4 Å². The maximum atomic E-state index is 11.5. The average molecular weight is 234 g/mol. The number of benzene rings is 1. The first kappa shape index (κ1) is 11.1. The van der Waals surface area contributed by atoms with Crippen molar-refractivity contribution in [2.24, 2.45) is 0 Å². The van der Waals surface area contributed by atoms with Gasteiger partial charge in [-0.3, -0.25) is 9.59 Å². The summed E-state index contributed by atoms with van der Waals surface area (Å²) >= 11 is 0. The number of para-hydroxylation sites is 2. The smallest absolute Gasteiger partial charge is 0.421 e. The van der Waals surface area contributed by atoms with Crippen LogP contribution >= 0.6 is 0 Å². The molecule has 0 radical (unpaired) electrons. The van der Waals surface area contributed by atoms with Crippen LogP contribution < -0.4 is 10.2 Å². The van der Waals surface area contributed by atoms with E-state index in [1.807, 2.05) is 0 Å². The molecular weight excluding hydrogens is 224 g/mol. The molecule has 0 saturated carbocycles. The van der Waals surface area contributed by atoms with Gasteiger partial charge < -0.3 is 10.1 Å². The molecule has 1 aliphatic rings. The second-order valence-corrected chi connectivity index (χ2v) is 3.48. The van der Waals surface area contributed by atoms with E-state index in [1.54, 1.807) is 24.3 Å². The van der Waals surface area contributed by atoms with Gasteiger partial charge in [0, 0.05) is 6.92 Å². The first-order valence-corrected chi connectivity index (χ1v) is 4.96. The van der Waals surface area contributed by atoms with Crippen molar-refractivity contribution < 1.29 is 19.1 Å². The SMILES string of the molecule is CC(=O)Nc1ccccc1N1C(=O)COC1=O. The average Bonchev–Trinajstić information content (AvgIpc) is 2.59. The zero-order chi connectivity index (χ0) is 12.4. The van der Waals surface area contributed by atoms with Crippen molar-refractivity contribution in [1.82, 2.24) is 0 Å². The van der Waals surface area contributed by atoms with Gasteiger partial charge >= 0.3 is 6.09 Å². The zero-order valence-corrected chi connectivity index (χ0v) is 9.10. The van der Waals surface area contributed by atoms with E-state index in [2.05, 4.69) is 10.1 Å². The van der Waals surface area contributed by atoms with Crippen LogP contribution in [0.5, 0.6) is 0 Å². The number of ether oxygens (including phenoxy) is 1. The second-order valence-electron chi connectivity index (χ2n) is 3.48. The van der Waals surface area contributed by atoms with Crippen molar-refractivity contribution in [3.05, 3.63) is 24.3 Å². The molecule has 0 aromatic heterocycles. The Kier molecular flexibility index (Phi) is 2.78. The van der Waals surface area contributed by atoms with Crippen molar-refractivity contribution >= 4 is 29.3 Å². The summed E-state index contributed by atoms with van der Waals surface area (Å²) < 4.78 is 4.62. The Morgan fingerprint density at radius 1 is 1.35 bits per heavy atom. The minimum absolute atomic E-state index is 0.271. The molecule has 17 heavy (non-hydrogen) atoms. The van der Waals surface area contributed by atoms with Gasteiger partial charge in [-0.2, -0.15) is 0 Å². The molecule has 1 aliphatic heterocycles. The molecule has 88 valence electrons. The normalized spacial score (nSPS) is 14.8. The third kappa shape index (κ3) is 2.10. The predicted molar refractivity (Wildman–Crippen MR) is 59.6 cm³/mol. The Labute approximate surface area is 97.2 Å². The number of carbonyl (C=O) groups is 3. The number of rotatable bonds is 2. The van der Waals surface area contributed by atoms with E-state index in [-0.39, 0.29) is 12.5 Å². The van der Waals surface area contributed by atoms with E-state index in [0.717, 1.165) is 4.90 Å². The summed E-state index contributed by atoms with van der Waals surface area (Å²) in [6.45, 7) is 1.08. The lowest BCUT2D eigenvalue weighted by molar-refractivity contribution is -0.118. The van der Waals surface area contributed by atoms with Crippen molar-refractivity contribution in [2.75, 3.05) is 16.8 Å². The van der Waals surface area contributed by atoms with Gasteiger partial charge in [0.15, 0.2) is 6.61 Å². The van der Waals surface area contributed by atoms with Crippen LogP contribution in [0.1, 0.15) is 6.92 Å². The number of carbonyl (C=O) groups excluding carboxylic acids is 3. The lowest BCUT2D eigenvalue weighted by Gasteiger charge is -2.15. The molecule has 2 rings (SSSR count). The highest BCUT2D eigenvalue weighted by molar-refractivity contribution is 6.18. The fourth-order valence-electron chi connectivity index (χ4n) is 1.55. The van der Waals surface area contributed by atoms with Gasteiger partial charge in [0.2, 0.25) is 5.91 Å². The maximum Gasteiger partial charge on any atom is 0.421 e. The number of nitrogens with one attached hydrogen (secondary N) is 1. The largest absolute Gasteiger partial charge is 0.439 e. The third-order valence-electron chi connectivity index (χ3n) is 2.21. The van der Waals surface area contributed by atoms with Crippen LogP contribution in [-0.2, 0) is 14.3 Å². The van der Waals surface area contributed by atoms with Crippen molar-refractivity contribution in [1.29, 1.82) is 0 Å². The number of hydrogen-bond donors (Lipinski definition) is 1. The lowest BCUT2D eigenvalue weighted by atomic mass is 10.2. The molecule has 0 aliphatic carbocycles. The Hall–Kier alpha value is -2.37. The van der Waals surface area contributed by atoms with Gasteiger partial charge in [-0.15, -0.1) is 0 Å². The second kappa shape index (κ2) is 4.25. The van der Waals surface area contributed by atoms with Crippen molar-refractivity contribution in [3.8, 4) is 0 Å². The molecule has 1 N–H and O–H groups in total. The Morgan fingerprint density at radius 2 is 2.06 bits per heavy atom. The zero-order valence-electron chi connectivity index (χ0n) is 9.10. The Morgan fingerprint density at radius 3 is 2.65 bits per heavy atom. The van der Waals surface area contributed by atoms with Crippen LogP contribution in [0.15, 0.2) is 24.3 Å². The van der Waals surface area contributed by atoms with E-state index < -0.39 is 12.0 Å². The highest BCUT2D eigenvalue weighted by Crippen LogP contribution is 2.28. The molecule has 0 bridgehead atoms. The molecule has 1 aromatic carbocycles. The van der Waals surface area contributed by atoms with Crippen molar-refractivity contribution in [2.45, 2.75) is 6.92 Å². The van der Waals surface area contributed by atoms with Gasteiger partial charge in [-0.1, -0.05) is 12.1 Å². The highest BCUT2D eigenvalue weighted by atomic mass is 16.6. The molecule has 1 fully saturated rings. The number of amides is 3. The molecule has 0 atom stereocenters. The molecule has 6 heteroatoms. The summed E-state index contributed by atoms with van der Waals surface area (Å²) in [5.74, 6) is -0.731. The van der Waals surface area contributed by atoms with E-state index in [1.165, 1.54) is 6.92 Å². The van der Waals surface area contributed by atoms with E-state index in [9.17, 15) is 14.4 Å². The number of imide groups is 1. The van der Waals surface area contributed by atoms with Crippen LogP contribution in [0.25, 0.3) is 0 Å². The van der Waals surface area contributed by atoms with Crippen LogP contribution in [0.4, 0.5) is 16.2 Å².